The Hall–Kier alpha value is -2.86. The monoisotopic (exact) mass is 538 g/mol. The molecule has 186 valence electrons. The molecule has 0 saturated carbocycles. The number of benzene rings is 3. The average molecular weight is 540 g/mol. The highest BCUT2D eigenvalue weighted by atomic mass is 79.9. The van der Waals surface area contributed by atoms with Gasteiger partial charge in [-0.2, -0.15) is 5.10 Å². The van der Waals surface area contributed by atoms with Gasteiger partial charge in [-0.15, -0.1) is 0 Å². The van der Waals surface area contributed by atoms with E-state index in [4.69, 9.17) is 9.47 Å². The number of hydrogen-bond acceptors (Lipinski definition) is 4. The maximum atomic E-state index is 12.6. The third kappa shape index (κ3) is 8.39. The van der Waals surface area contributed by atoms with Crippen LogP contribution in [-0.4, -0.2) is 24.8 Å². The summed E-state index contributed by atoms with van der Waals surface area (Å²) in [6.45, 7) is 4.88. The van der Waals surface area contributed by atoms with Gasteiger partial charge in [-0.3, -0.25) is 4.79 Å². The zero-order valence-corrected chi connectivity index (χ0v) is 22.2. The highest BCUT2D eigenvalue weighted by Gasteiger charge is 2.19. The minimum absolute atomic E-state index is 0.289. The second kappa shape index (κ2) is 14.5. The second-order valence-electron chi connectivity index (χ2n) is 8.53. The standard InChI is InChI=1S/C29H35BrN2O3/c1-3-5-6-7-8-11-20-34-24-17-14-22(15-18-24)21-31-32-29(33)26(4-2)35-27-19-16-23-12-9-10-13-25(23)28(27)30/h9-10,12-19,21,26H,3-8,11,20H2,1-2H3,(H,32,33)/b31-21+. The Bertz CT molecular complexity index is 1100. The minimum Gasteiger partial charge on any atom is -0.494 e. The number of nitrogens with one attached hydrogen (secondary N) is 1. The maximum Gasteiger partial charge on any atom is 0.281 e. The molecule has 0 spiro atoms. The number of halogens is 1. The summed E-state index contributed by atoms with van der Waals surface area (Å²) < 4.78 is 12.7. The van der Waals surface area contributed by atoms with Crippen molar-refractivity contribution in [3.05, 3.63) is 70.7 Å². The van der Waals surface area contributed by atoms with Crippen molar-refractivity contribution in [3.8, 4) is 11.5 Å². The molecule has 0 bridgehead atoms. The highest BCUT2D eigenvalue weighted by molar-refractivity contribution is 9.10. The molecule has 1 N–H and O–H groups in total. The quantitative estimate of drug-likeness (QED) is 0.130. The molecule has 0 aliphatic carbocycles. The molecule has 3 aromatic carbocycles. The van der Waals surface area contributed by atoms with Gasteiger partial charge in [0, 0.05) is 0 Å². The highest BCUT2D eigenvalue weighted by Crippen LogP contribution is 2.33. The van der Waals surface area contributed by atoms with Gasteiger partial charge in [0.1, 0.15) is 11.5 Å². The van der Waals surface area contributed by atoms with E-state index in [1.165, 1.54) is 32.1 Å². The van der Waals surface area contributed by atoms with Crippen LogP contribution in [0.4, 0.5) is 0 Å². The third-order valence-electron chi connectivity index (χ3n) is 5.80. The topological polar surface area (TPSA) is 59.9 Å². The van der Waals surface area contributed by atoms with Gasteiger partial charge in [0.25, 0.3) is 5.91 Å². The number of ether oxygens (including phenoxy) is 2. The molecule has 0 saturated heterocycles. The molecule has 0 radical (unpaired) electrons. The van der Waals surface area contributed by atoms with E-state index >= 15 is 0 Å². The number of hydrogen-bond donors (Lipinski definition) is 1. The smallest absolute Gasteiger partial charge is 0.281 e. The van der Waals surface area contributed by atoms with Gasteiger partial charge in [0.2, 0.25) is 0 Å². The summed E-state index contributed by atoms with van der Waals surface area (Å²) in [6.07, 6.45) is 8.96. The summed E-state index contributed by atoms with van der Waals surface area (Å²) in [7, 11) is 0. The van der Waals surface area contributed by atoms with Crippen molar-refractivity contribution in [3.63, 3.8) is 0 Å². The lowest BCUT2D eigenvalue weighted by Crippen LogP contribution is -2.35. The van der Waals surface area contributed by atoms with E-state index in [0.717, 1.165) is 39.6 Å². The van der Waals surface area contributed by atoms with Crippen molar-refractivity contribution < 1.29 is 14.3 Å². The summed E-state index contributed by atoms with van der Waals surface area (Å²) in [5.41, 5.74) is 3.47. The molecule has 0 heterocycles. The molecule has 0 fully saturated rings. The Morgan fingerprint density at radius 3 is 2.49 bits per heavy atom. The molecular formula is C29H35BrN2O3. The fourth-order valence-corrected chi connectivity index (χ4v) is 4.33. The zero-order valence-electron chi connectivity index (χ0n) is 20.6. The number of carbonyl (C=O) groups is 1. The van der Waals surface area contributed by atoms with Crippen LogP contribution in [-0.2, 0) is 4.79 Å². The van der Waals surface area contributed by atoms with Crippen LogP contribution in [0.15, 0.2) is 70.2 Å². The van der Waals surface area contributed by atoms with E-state index in [0.29, 0.717) is 12.2 Å². The van der Waals surface area contributed by atoms with E-state index < -0.39 is 6.10 Å². The molecule has 0 aliphatic heterocycles. The predicted molar refractivity (Wildman–Crippen MR) is 147 cm³/mol. The lowest BCUT2D eigenvalue weighted by atomic mass is 10.1. The summed E-state index contributed by atoms with van der Waals surface area (Å²) in [6, 6.07) is 19.6. The Kier molecular flexibility index (Phi) is 11.1. The van der Waals surface area contributed by atoms with Crippen LogP contribution >= 0.6 is 15.9 Å². The maximum absolute atomic E-state index is 12.6. The number of hydrazone groups is 1. The van der Waals surface area contributed by atoms with Crippen molar-refractivity contribution in [2.45, 2.75) is 64.9 Å². The normalized spacial score (nSPS) is 12.1. The number of carbonyl (C=O) groups excluding carboxylic acids is 1. The Morgan fingerprint density at radius 1 is 0.971 bits per heavy atom. The van der Waals surface area contributed by atoms with Gasteiger partial charge < -0.3 is 9.47 Å². The fourth-order valence-electron chi connectivity index (χ4n) is 3.75. The van der Waals surface area contributed by atoms with Crippen LogP contribution in [0.3, 0.4) is 0 Å². The Labute approximate surface area is 217 Å². The minimum atomic E-state index is -0.651. The molecule has 3 rings (SSSR count). The van der Waals surface area contributed by atoms with Crippen molar-refractivity contribution in [1.82, 2.24) is 5.43 Å². The number of amides is 1. The Balaban J connectivity index is 1.46. The summed E-state index contributed by atoms with van der Waals surface area (Å²) in [4.78, 5) is 12.6. The molecule has 0 aromatic heterocycles. The van der Waals surface area contributed by atoms with Crippen LogP contribution < -0.4 is 14.9 Å². The van der Waals surface area contributed by atoms with E-state index in [1.54, 1.807) is 6.21 Å². The van der Waals surface area contributed by atoms with Gasteiger partial charge in [-0.05, 0) is 75.4 Å². The van der Waals surface area contributed by atoms with E-state index in [9.17, 15) is 4.79 Å². The molecule has 6 heteroatoms. The summed E-state index contributed by atoms with van der Waals surface area (Å²) in [5, 5.41) is 6.25. The molecule has 5 nitrogen and oxygen atoms in total. The van der Waals surface area contributed by atoms with Crippen LogP contribution in [0.1, 0.15) is 64.4 Å². The molecule has 1 amide bonds. The number of rotatable bonds is 14. The lowest BCUT2D eigenvalue weighted by Gasteiger charge is -2.17. The van der Waals surface area contributed by atoms with Crippen molar-refractivity contribution in [1.29, 1.82) is 0 Å². The summed E-state index contributed by atoms with van der Waals surface area (Å²) >= 11 is 3.61. The van der Waals surface area contributed by atoms with E-state index in [2.05, 4.69) is 33.4 Å². The van der Waals surface area contributed by atoms with Gasteiger partial charge in [0.15, 0.2) is 6.10 Å². The lowest BCUT2D eigenvalue weighted by molar-refractivity contribution is -0.128. The van der Waals surface area contributed by atoms with Gasteiger partial charge in [-0.25, -0.2) is 5.43 Å². The molecule has 1 atom stereocenters. The van der Waals surface area contributed by atoms with E-state index in [-0.39, 0.29) is 5.91 Å². The number of unbranched alkanes of at least 4 members (excludes halogenated alkanes) is 5. The van der Waals surface area contributed by atoms with E-state index in [1.807, 2.05) is 67.6 Å². The third-order valence-corrected chi connectivity index (χ3v) is 6.61. The largest absolute Gasteiger partial charge is 0.494 e. The van der Waals surface area contributed by atoms with Crippen molar-refractivity contribution in [2.75, 3.05) is 6.61 Å². The molecular weight excluding hydrogens is 504 g/mol. The van der Waals surface area contributed by atoms with Crippen LogP contribution in [0.2, 0.25) is 0 Å². The van der Waals surface area contributed by atoms with Crippen molar-refractivity contribution in [2.24, 2.45) is 5.10 Å². The first-order chi connectivity index (χ1) is 17.1. The fraction of sp³-hybridized carbons (Fsp3) is 0.379. The number of fused-ring (bicyclic) bond motifs is 1. The molecule has 1 unspecified atom stereocenters. The summed E-state index contributed by atoms with van der Waals surface area (Å²) in [5.74, 6) is 1.19. The van der Waals surface area contributed by atoms with Gasteiger partial charge >= 0.3 is 0 Å². The SMILES string of the molecule is CCCCCCCCOc1ccc(/C=N/NC(=O)C(CC)Oc2ccc3ccccc3c2Br)cc1. The molecule has 3 aromatic rings. The first-order valence-electron chi connectivity index (χ1n) is 12.5. The first kappa shape index (κ1) is 26.7. The van der Waals surface area contributed by atoms with Crippen LogP contribution in [0.5, 0.6) is 11.5 Å². The number of nitrogens with zero attached hydrogens (tertiary/aromatic N) is 1. The van der Waals surface area contributed by atoms with Crippen molar-refractivity contribution >= 4 is 38.8 Å². The molecule has 0 aliphatic rings. The van der Waals surface area contributed by atoms with Crippen LogP contribution in [0, 0.1) is 0 Å². The predicted octanol–water partition coefficient (Wildman–Crippen LogP) is 7.65. The second-order valence-corrected chi connectivity index (χ2v) is 9.33. The molecule has 35 heavy (non-hydrogen) atoms. The van der Waals surface area contributed by atoms with Gasteiger partial charge in [-0.1, -0.05) is 76.3 Å². The Morgan fingerprint density at radius 2 is 1.71 bits per heavy atom. The van der Waals surface area contributed by atoms with Gasteiger partial charge in [0.05, 0.1) is 17.3 Å². The average Bonchev–Trinajstić information content (AvgIpc) is 2.89. The zero-order chi connectivity index (χ0) is 24.9. The first-order valence-corrected chi connectivity index (χ1v) is 13.3. The van der Waals surface area contributed by atoms with Crippen LogP contribution in [0.25, 0.3) is 10.8 Å².